The molecule has 1 aliphatic heterocycles. The zero-order valence-corrected chi connectivity index (χ0v) is 10.9. The van der Waals surface area contributed by atoms with Gasteiger partial charge in [0.15, 0.2) is 0 Å². The third-order valence-corrected chi connectivity index (χ3v) is 2.67. The smallest absolute Gasteiger partial charge is 0.406 e. The van der Waals surface area contributed by atoms with Crippen LogP contribution in [-0.4, -0.2) is 29.6 Å². The number of alkyl halides is 3. The van der Waals surface area contributed by atoms with E-state index in [1.165, 1.54) is 25.1 Å². The third-order valence-electron chi connectivity index (χ3n) is 2.67. The molecule has 8 heteroatoms. The first-order chi connectivity index (χ1) is 9.74. The van der Waals surface area contributed by atoms with Crippen LogP contribution in [0.3, 0.4) is 0 Å². The molecule has 0 aliphatic carbocycles. The number of halogens is 3. The zero-order chi connectivity index (χ0) is 15.6. The Kier molecular flexibility index (Phi) is 3.88. The molecule has 0 bridgehead atoms. The van der Waals surface area contributed by atoms with Crippen LogP contribution in [0.1, 0.15) is 6.92 Å². The number of benzene rings is 1. The molecule has 112 valence electrons. The van der Waals surface area contributed by atoms with Crippen molar-refractivity contribution >= 4 is 17.5 Å². The Labute approximate surface area is 118 Å². The molecule has 0 saturated carbocycles. The SMILES string of the molecule is CC(=O)N1CC(Nc2ccc(OC(F)(F)F)cc2)=CC1=O. The number of imide groups is 1. The van der Waals surface area contributed by atoms with E-state index in [1.807, 2.05) is 0 Å². The number of anilines is 1. The van der Waals surface area contributed by atoms with Crippen LogP contribution in [-0.2, 0) is 9.59 Å². The Hall–Kier alpha value is -2.51. The number of amides is 2. The summed E-state index contributed by atoms with van der Waals surface area (Å²) in [7, 11) is 0. The molecule has 0 saturated heterocycles. The Morgan fingerprint density at radius 1 is 1.29 bits per heavy atom. The van der Waals surface area contributed by atoms with E-state index in [-0.39, 0.29) is 18.2 Å². The number of rotatable bonds is 3. The Balaban J connectivity index is 2.00. The lowest BCUT2D eigenvalue weighted by Gasteiger charge is -2.13. The standard InChI is InChI=1S/C13H11F3N2O3/c1-8(19)18-7-10(6-12(18)20)17-9-2-4-11(5-3-9)21-13(14,15)16/h2-6,17H,7H2,1H3. The summed E-state index contributed by atoms with van der Waals surface area (Å²) >= 11 is 0. The van der Waals surface area contributed by atoms with Crippen molar-refractivity contribution in [2.75, 3.05) is 11.9 Å². The number of carbonyl (C=O) groups excluding carboxylic acids is 2. The highest BCUT2D eigenvalue weighted by molar-refractivity contribution is 6.03. The number of carbonyl (C=O) groups is 2. The van der Waals surface area contributed by atoms with Gasteiger partial charge in [0.05, 0.1) is 6.54 Å². The molecule has 5 nitrogen and oxygen atoms in total. The molecular weight excluding hydrogens is 289 g/mol. The molecule has 0 atom stereocenters. The number of nitrogens with zero attached hydrogens (tertiary/aromatic N) is 1. The largest absolute Gasteiger partial charge is 0.573 e. The lowest BCUT2D eigenvalue weighted by atomic mass is 10.3. The highest BCUT2D eigenvalue weighted by atomic mass is 19.4. The molecule has 0 aromatic heterocycles. The maximum absolute atomic E-state index is 12.0. The first-order valence-corrected chi connectivity index (χ1v) is 5.90. The van der Waals surface area contributed by atoms with Gasteiger partial charge in [-0.05, 0) is 24.3 Å². The van der Waals surface area contributed by atoms with Crippen molar-refractivity contribution in [2.45, 2.75) is 13.3 Å². The molecule has 2 rings (SSSR count). The van der Waals surface area contributed by atoms with Crippen LogP contribution in [0.15, 0.2) is 36.0 Å². The maximum Gasteiger partial charge on any atom is 0.573 e. The lowest BCUT2D eigenvalue weighted by molar-refractivity contribution is -0.274. The van der Waals surface area contributed by atoms with Crippen LogP contribution in [0.5, 0.6) is 5.75 Å². The second kappa shape index (κ2) is 5.47. The number of ether oxygens (including phenoxy) is 1. The van der Waals surface area contributed by atoms with Gasteiger partial charge < -0.3 is 10.1 Å². The first kappa shape index (κ1) is 14.9. The molecule has 0 radical (unpaired) electrons. The summed E-state index contributed by atoms with van der Waals surface area (Å²) in [4.78, 5) is 23.7. The van der Waals surface area contributed by atoms with Crippen LogP contribution in [0.25, 0.3) is 0 Å². The molecular formula is C13H11F3N2O3. The summed E-state index contributed by atoms with van der Waals surface area (Å²) in [6.07, 6.45) is -3.47. The summed E-state index contributed by atoms with van der Waals surface area (Å²) in [6.45, 7) is 1.38. The van der Waals surface area contributed by atoms with E-state index in [1.54, 1.807) is 0 Å². The van der Waals surface area contributed by atoms with Gasteiger partial charge in [-0.3, -0.25) is 14.5 Å². The molecule has 0 fully saturated rings. The van der Waals surface area contributed by atoms with Gasteiger partial charge in [0.1, 0.15) is 5.75 Å². The van der Waals surface area contributed by atoms with Crippen LogP contribution in [0, 0.1) is 0 Å². The van der Waals surface area contributed by atoms with Crippen molar-refractivity contribution in [1.82, 2.24) is 4.90 Å². The zero-order valence-electron chi connectivity index (χ0n) is 10.9. The number of nitrogens with one attached hydrogen (secondary N) is 1. The van der Waals surface area contributed by atoms with Gasteiger partial charge >= 0.3 is 6.36 Å². The highest BCUT2D eigenvalue weighted by Crippen LogP contribution is 2.24. The first-order valence-electron chi connectivity index (χ1n) is 5.90. The number of hydrogen-bond donors (Lipinski definition) is 1. The molecule has 2 amide bonds. The summed E-state index contributed by atoms with van der Waals surface area (Å²) in [5.41, 5.74) is 0.966. The van der Waals surface area contributed by atoms with Crippen molar-refractivity contribution in [3.8, 4) is 5.75 Å². The minimum atomic E-state index is -4.74. The quantitative estimate of drug-likeness (QED) is 0.930. The van der Waals surface area contributed by atoms with Crippen molar-refractivity contribution in [3.63, 3.8) is 0 Å². The lowest BCUT2D eigenvalue weighted by Crippen LogP contribution is -2.31. The van der Waals surface area contributed by atoms with Crippen LogP contribution < -0.4 is 10.1 Å². The Morgan fingerprint density at radius 2 is 1.90 bits per heavy atom. The maximum atomic E-state index is 12.0. The van der Waals surface area contributed by atoms with Crippen molar-refractivity contribution in [1.29, 1.82) is 0 Å². The third kappa shape index (κ3) is 3.98. The van der Waals surface area contributed by atoms with Crippen molar-refractivity contribution in [3.05, 3.63) is 36.0 Å². The van der Waals surface area contributed by atoms with Gasteiger partial charge in [0.2, 0.25) is 5.91 Å². The number of hydrogen-bond acceptors (Lipinski definition) is 4. The fourth-order valence-electron chi connectivity index (χ4n) is 1.79. The predicted octanol–water partition coefficient (Wildman–Crippen LogP) is 2.27. The van der Waals surface area contributed by atoms with E-state index in [0.717, 1.165) is 17.0 Å². The van der Waals surface area contributed by atoms with E-state index in [0.29, 0.717) is 11.4 Å². The van der Waals surface area contributed by atoms with E-state index in [2.05, 4.69) is 10.1 Å². The van der Waals surface area contributed by atoms with Gasteiger partial charge in [0, 0.05) is 24.4 Å². The van der Waals surface area contributed by atoms with Gasteiger partial charge in [-0.15, -0.1) is 13.2 Å². The summed E-state index contributed by atoms with van der Waals surface area (Å²) < 4.78 is 39.8. The Bertz CT molecular complexity index is 594. The molecule has 21 heavy (non-hydrogen) atoms. The topological polar surface area (TPSA) is 58.6 Å². The fourth-order valence-corrected chi connectivity index (χ4v) is 1.79. The fraction of sp³-hybridized carbons (Fsp3) is 0.231. The average Bonchev–Trinajstić information content (AvgIpc) is 2.71. The second-order valence-electron chi connectivity index (χ2n) is 4.31. The van der Waals surface area contributed by atoms with E-state index >= 15 is 0 Å². The van der Waals surface area contributed by atoms with Crippen LogP contribution in [0.4, 0.5) is 18.9 Å². The summed E-state index contributed by atoms with van der Waals surface area (Å²) in [5, 5.41) is 2.86. The van der Waals surface area contributed by atoms with Crippen molar-refractivity contribution in [2.24, 2.45) is 0 Å². The van der Waals surface area contributed by atoms with Gasteiger partial charge in [-0.2, -0.15) is 0 Å². The van der Waals surface area contributed by atoms with Gasteiger partial charge in [0.25, 0.3) is 5.91 Å². The normalized spacial score (nSPS) is 15.0. The predicted molar refractivity (Wildman–Crippen MR) is 67.2 cm³/mol. The molecule has 0 spiro atoms. The Morgan fingerprint density at radius 3 is 2.38 bits per heavy atom. The molecule has 0 unspecified atom stereocenters. The minimum Gasteiger partial charge on any atom is -0.406 e. The molecule has 1 aromatic carbocycles. The van der Waals surface area contributed by atoms with Crippen LogP contribution in [0.2, 0.25) is 0 Å². The average molecular weight is 300 g/mol. The molecule has 1 aromatic rings. The molecule has 1 heterocycles. The summed E-state index contributed by atoms with van der Waals surface area (Å²) in [6, 6.07) is 5.05. The van der Waals surface area contributed by atoms with E-state index < -0.39 is 12.3 Å². The second-order valence-corrected chi connectivity index (χ2v) is 4.31. The molecule has 1 N–H and O–H groups in total. The monoisotopic (exact) mass is 300 g/mol. The highest BCUT2D eigenvalue weighted by Gasteiger charge is 2.31. The molecule has 1 aliphatic rings. The van der Waals surface area contributed by atoms with Crippen molar-refractivity contribution < 1.29 is 27.5 Å². The van der Waals surface area contributed by atoms with Gasteiger partial charge in [-0.1, -0.05) is 0 Å². The van der Waals surface area contributed by atoms with E-state index in [9.17, 15) is 22.8 Å². The summed E-state index contributed by atoms with van der Waals surface area (Å²) in [5.74, 6) is -1.14. The van der Waals surface area contributed by atoms with E-state index in [4.69, 9.17) is 0 Å². The minimum absolute atomic E-state index is 0.106. The van der Waals surface area contributed by atoms with Crippen LogP contribution >= 0.6 is 0 Å². The van der Waals surface area contributed by atoms with Gasteiger partial charge in [-0.25, -0.2) is 0 Å².